The van der Waals surface area contributed by atoms with E-state index in [1.54, 1.807) is 18.2 Å². The number of hydrogen-bond acceptors (Lipinski definition) is 5. The molecular formula is C17H14N2O4S2. The fourth-order valence-electron chi connectivity index (χ4n) is 2.21. The van der Waals surface area contributed by atoms with E-state index in [4.69, 9.17) is 0 Å². The number of sulfonamides is 2. The van der Waals surface area contributed by atoms with Crippen LogP contribution in [0.25, 0.3) is 0 Å². The number of nitrogens with zero attached hydrogens (tertiary/aromatic N) is 2. The summed E-state index contributed by atoms with van der Waals surface area (Å²) < 4.78 is 52.6. The highest BCUT2D eigenvalue weighted by atomic mass is 32.3. The molecule has 25 heavy (non-hydrogen) atoms. The number of pyridine rings is 1. The second-order valence-corrected chi connectivity index (χ2v) is 8.83. The Labute approximate surface area is 146 Å². The first-order chi connectivity index (χ1) is 11.9. The minimum absolute atomic E-state index is 0.139. The van der Waals surface area contributed by atoms with Crippen LogP contribution in [0.15, 0.2) is 94.9 Å². The monoisotopic (exact) mass is 374 g/mol. The molecule has 0 radical (unpaired) electrons. The van der Waals surface area contributed by atoms with Gasteiger partial charge in [-0.05, 0) is 36.4 Å². The van der Waals surface area contributed by atoms with Gasteiger partial charge in [-0.1, -0.05) is 42.5 Å². The van der Waals surface area contributed by atoms with Crippen LogP contribution in [-0.2, 0) is 20.0 Å². The maximum atomic E-state index is 13.1. The Morgan fingerprint density at radius 1 is 0.600 bits per heavy atom. The van der Waals surface area contributed by atoms with Gasteiger partial charge in [0.25, 0.3) is 20.0 Å². The van der Waals surface area contributed by atoms with E-state index in [9.17, 15) is 16.8 Å². The molecule has 0 N–H and O–H groups in total. The van der Waals surface area contributed by atoms with Crippen molar-refractivity contribution in [1.82, 2.24) is 4.98 Å². The van der Waals surface area contributed by atoms with Gasteiger partial charge in [-0.2, -0.15) is 16.8 Å². The Balaban J connectivity index is 2.26. The van der Waals surface area contributed by atoms with Crippen molar-refractivity contribution in [1.29, 1.82) is 0 Å². The minimum atomic E-state index is -4.38. The molecule has 2 aromatic carbocycles. The van der Waals surface area contributed by atoms with Gasteiger partial charge in [-0.25, -0.2) is 4.98 Å². The summed E-state index contributed by atoms with van der Waals surface area (Å²) in [5, 5.41) is 0. The summed E-state index contributed by atoms with van der Waals surface area (Å²) >= 11 is 0. The molecule has 0 aliphatic rings. The standard InChI is InChI=1S/C17H14N2O4S2/c20-24(21,15-9-3-1-4-10-15)19(17-13-7-8-14-18-17)25(22,23)16-11-5-2-6-12-16/h1-14H. The van der Waals surface area contributed by atoms with E-state index in [1.807, 2.05) is 0 Å². The molecule has 0 atom stereocenters. The molecule has 0 aliphatic carbocycles. The molecule has 0 bridgehead atoms. The van der Waals surface area contributed by atoms with Crippen molar-refractivity contribution in [3.05, 3.63) is 85.1 Å². The van der Waals surface area contributed by atoms with E-state index in [2.05, 4.69) is 4.98 Å². The van der Waals surface area contributed by atoms with Gasteiger partial charge >= 0.3 is 0 Å². The first kappa shape index (κ1) is 17.1. The largest absolute Gasteiger partial charge is 0.279 e. The summed E-state index contributed by atoms with van der Waals surface area (Å²) in [6.07, 6.45) is 1.34. The molecule has 1 heterocycles. The third-order valence-corrected chi connectivity index (χ3v) is 7.52. The number of benzene rings is 2. The zero-order chi connectivity index (χ0) is 17.9. The lowest BCUT2D eigenvalue weighted by Crippen LogP contribution is -2.37. The Hall–Kier alpha value is -2.71. The minimum Gasteiger partial charge on any atom is -0.237 e. The van der Waals surface area contributed by atoms with E-state index >= 15 is 0 Å². The van der Waals surface area contributed by atoms with Crippen molar-refractivity contribution in [3.8, 4) is 0 Å². The Bertz CT molecular complexity index is 984. The Morgan fingerprint density at radius 3 is 1.44 bits per heavy atom. The van der Waals surface area contributed by atoms with Crippen LogP contribution in [0.2, 0.25) is 0 Å². The highest BCUT2D eigenvalue weighted by Crippen LogP contribution is 2.28. The average molecular weight is 374 g/mol. The van der Waals surface area contributed by atoms with Gasteiger partial charge in [0, 0.05) is 6.20 Å². The highest BCUT2D eigenvalue weighted by Gasteiger charge is 2.37. The van der Waals surface area contributed by atoms with Gasteiger partial charge in [0.15, 0.2) is 5.82 Å². The van der Waals surface area contributed by atoms with Gasteiger partial charge in [0.1, 0.15) is 0 Å². The Kier molecular flexibility index (Phi) is 4.56. The number of hydrogen-bond donors (Lipinski definition) is 0. The highest BCUT2D eigenvalue weighted by molar-refractivity contribution is 8.10. The van der Waals surface area contributed by atoms with Gasteiger partial charge in [0.05, 0.1) is 9.79 Å². The van der Waals surface area contributed by atoms with E-state index in [-0.39, 0.29) is 15.6 Å². The van der Waals surface area contributed by atoms with Crippen molar-refractivity contribution in [3.63, 3.8) is 0 Å². The van der Waals surface area contributed by atoms with Gasteiger partial charge in [-0.3, -0.25) is 0 Å². The predicted octanol–water partition coefficient (Wildman–Crippen LogP) is 2.67. The molecule has 0 saturated carbocycles. The van der Waals surface area contributed by atoms with Gasteiger partial charge < -0.3 is 0 Å². The molecule has 0 unspecified atom stereocenters. The second kappa shape index (κ2) is 6.66. The fourth-order valence-corrected chi connectivity index (χ4v) is 5.86. The maximum absolute atomic E-state index is 13.1. The zero-order valence-electron chi connectivity index (χ0n) is 12.9. The molecule has 0 fully saturated rings. The third-order valence-electron chi connectivity index (χ3n) is 3.36. The quantitative estimate of drug-likeness (QED) is 0.685. The Morgan fingerprint density at radius 2 is 1.04 bits per heavy atom. The van der Waals surface area contributed by atoms with Crippen molar-refractivity contribution >= 4 is 25.9 Å². The van der Waals surface area contributed by atoms with Crippen LogP contribution in [0.3, 0.4) is 0 Å². The van der Waals surface area contributed by atoms with Crippen molar-refractivity contribution in [2.24, 2.45) is 0 Å². The van der Waals surface area contributed by atoms with Crippen molar-refractivity contribution in [2.45, 2.75) is 9.79 Å². The number of aromatic nitrogens is 1. The molecule has 128 valence electrons. The SMILES string of the molecule is O=S(=O)(c1ccccc1)N(c1ccccn1)S(=O)(=O)c1ccccc1. The zero-order valence-corrected chi connectivity index (χ0v) is 14.6. The van der Waals surface area contributed by atoms with Crippen LogP contribution in [0, 0.1) is 0 Å². The number of rotatable bonds is 5. The van der Waals surface area contributed by atoms with Crippen LogP contribution in [0.1, 0.15) is 0 Å². The number of anilines is 1. The van der Waals surface area contributed by atoms with Crippen LogP contribution in [0.4, 0.5) is 5.82 Å². The topological polar surface area (TPSA) is 84.4 Å². The molecule has 8 heteroatoms. The predicted molar refractivity (Wildman–Crippen MR) is 94.0 cm³/mol. The van der Waals surface area contributed by atoms with Crippen LogP contribution in [-0.4, -0.2) is 21.8 Å². The lowest BCUT2D eigenvalue weighted by atomic mass is 10.4. The molecule has 6 nitrogen and oxygen atoms in total. The molecule has 3 aromatic rings. The smallest absolute Gasteiger partial charge is 0.237 e. The van der Waals surface area contributed by atoms with Crippen LogP contribution >= 0.6 is 0 Å². The average Bonchev–Trinajstić information content (AvgIpc) is 2.64. The van der Waals surface area contributed by atoms with Gasteiger partial charge in [0.2, 0.25) is 0 Å². The lowest BCUT2D eigenvalue weighted by molar-refractivity contribution is 0.583. The summed E-state index contributed by atoms with van der Waals surface area (Å²) in [5.41, 5.74) is 0. The maximum Gasteiger partial charge on any atom is 0.279 e. The summed E-state index contributed by atoms with van der Waals surface area (Å²) in [7, 11) is -8.75. The van der Waals surface area contributed by atoms with E-state index in [1.165, 1.54) is 66.9 Å². The molecule has 3 rings (SSSR count). The van der Waals surface area contributed by atoms with E-state index in [0.29, 0.717) is 3.71 Å². The normalized spacial score (nSPS) is 11.8. The lowest BCUT2D eigenvalue weighted by Gasteiger charge is -2.23. The van der Waals surface area contributed by atoms with Crippen molar-refractivity contribution < 1.29 is 16.8 Å². The summed E-state index contributed by atoms with van der Waals surface area (Å²) in [6, 6.07) is 19.2. The molecule has 1 aromatic heterocycles. The molecule has 0 saturated heterocycles. The molecule has 0 aliphatic heterocycles. The van der Waals surface area contributed by atoms with E-state index < -0.39 is 20.0 Å². The second-order valence-electron chi connectivity index (χ2n) is 5.02. The van der Waals surface area contributed by atoms with Crippen molar-refractivity contribution in [2.75, 3.05) is 3.71 Å². The van der Waals surface area contributed by atoms with Gasteiger partial charge in [-0.15, -0.1) is 3.71 Å². The summed E-state index contributed by atoms with van der Waals surface area (Å²) in [5.74, 6) is -0.199. The fraction of sp³-hybridized carbons (Fsp3) is 0. The molecule has 0 amide bonds. The molecule has 0 spiro atoms. The first-order valence-electron chi connectivity index (χ1n) is 7.26. The van der Waals surface area contributed by atoms with Crippen LogP contribution in [0.5, 0.6) is 0 Å². The molecular weight excluding hydrogens is 360 g/mol. The van der Waals surface area contributed by atoms with Crippen LogP contribution < -0.4 is 3.71 Å². The summed E-state index contributed by atoms with van der Waals surface area (Å²) in [6.45, 7) is 0. The third kappa shape index (κ3) is 3.26. The summed E-state index contributed by atoms with van der Waals surface area (Å²) in [4.78, 5) is 3.65. The first-order valence-corrected chi connectivity index (χ1v) is 10.1. The van der Waals surface area contributed by atoms with E-state index in [0.717, 1.165) is 0 Å².